The maximum Gasteiger partial charge on any atom is 0.0767 e. The second-order valence-electron chi connectivity index (χ2n) is 4.03. The topological polar surface area (TPSA) is 37.0 Å². The first kappa shape index (κ1) is 7.18. The van der Waals surface area contributed by atoms with Gasteiger partial charge >= 0.3 is 0 Å². The van der Waals surface area contributed by atoms with Gasteiger partial charge in [-0.3, -0.25) is 4.98 Å². The number of aromatic nitrogens is 1. The van der Waals surface area contributed by atoms with Crippen molar-refractivity contribution in [3.63, 3.8) is 0 Å². The van der Waals surface area contributed by atoms with Gasteiger partial charge in [0.1, 0.15) is 0 Å². The van der Waals surface area contributed by atoms with Gasteiger partial charge in [-0.05, 0) is 25.3 Å². The lowest BCUT2D eigenvalue weighted by Crippen LogP contribution is -2.52. The Morgan fingerprint density at radius 3 is 3.00 bits per heavy atom. The van der Waals surface area contributed by atoms with Gasteiger partial charge in [0.15, 0.2) is 0 Å². The Balaban J connectivity index is 1.94. The number of fused-ring (bicyclic) bond motifs is 1. The van der Waals surface area contributed by atoms with Crippen LogP contribution in [0.1, 0.15) is 19.3 Å². The second kappa shape index (κ2) is 2.37. The van der Waals surface area contributed by atoms with Crippen LogP contribution in [0.3, 0.4) is 0 Å². The van der Waals surface area contributed by atoms with Crippen LogP contribution in [0.15, 0.2) is 18.5 Å². The van der Waals surface area contributed by atoms with E-state index in [2.05, 4.69) is 15.6 Å². The van der Waals surface area contributed by atoms with Gasteiger partial charge in [0.05, 0.1) is 23.1 Å². The van der Waals surface area contributed by atoms with Gasteiger partial charge in [-0.25, -0.2) is 0 Å². The van der Waals surface area contributed by atoms with Crippen LogP contribution < -0.4 is 10.6 Å². The molecule has 0 atom stereocenters. The van der Waals surface area contributed by atoms with Crippen molar-refractivity contribution < 1.29 is 0 Å². The molecule has 0 aromatic carbocycles. The summed E-state index contributed by atoms with van der Waals surface area (Å²) < 4.78 is 0. The molecule has 2 aliphatic rings. The Morgan fingerprint density at radius 1 is 1.31 bits per heavy atom. The molecule has 13 heavy (non-hydrogen) atoms. The molecule has 1 aliphatic heterocycles. The molecule has 3 nitrogen and oxygen atoms in total. The average Bonchev–Trinajstić information content (AvgIpc) is 2.15. The summed E-state index contributed by atoms with van der Waals surface area (Å²) >= 11 is 0. The van der Waals surface area contributed by atoms with Crippen LogP contribution in [-0.4, -0.2) is 17.1 Å². The first-order valence-corrected chi connectivity index (χ1v) is 4.84. The van der Waals surface area contributed by atoms with Gasteiger partial charge in [0, 0.05) is 12.7 Å². The van der Waals surface area contributed by atoms with Gasteiger partial charge < -0.3 is 10.6 Å². The molecule has 68 valence electrons. The third-order valence-electron chi connectivity index (χ3n) is 3.15. The third-order valence-corrected chi connectivity index (χ3v) is 3.15. The van der Waals surface area contributed by atoms with Crippen LogP contribution in [0.4, 0.5) is 11.4 Å². The first-order chi connectivity index (χ1) is 6.38. The third kappa shape index (κ3) is 0.996. The van der Waals surface area contributed by atoms with Crippen molar-refractivity contribution in [3.05, 3.63) is 18.5 Å². The molecule has 0 bridgehead atoms. The molecule has 0 radical (unpaired) electrons. The lowest BCUT2D eigenvalue weighted by molar-refractivity contribution is 0.291. The van der Waals surface area contributed by atoms with E-state index in [9.17, 15) is 0 Å². The zero-order valence-electron chi connectivity index (χ0n) is 7.51. The van der Waals surface area contributed by atoms with Crippen molar-refractivity contribution in [2.75, 3.05) is 17.2 Å². The van der Waals surface area contributed by atoms with E-state index in [1.807, 2.05) is 18.5 Å². The molecular weight excluding hydrogens is 162 g/mol. The number of pyridine rings is 1. The molecule has 0 amide bonds. The minimum absolute atomic E-state index is 0.343. The van der Waals surface area contributed by atoms with Crippen molar-refractivity contribution in [2.24, 2.45) is 0 Å². The largest absolute Gasteiger partial charge is 0.381 e. The fourth-order valence-electron chi connectivity index (χ4n) is 2.15. The first-order valence-electron chi connectivity index (χ1n) is 4.84. The van der Waals surface area contributed by atoms with E-state index in [1.54, 1.807) is 0 Å². The standard InChI is InChI=1S/C10H13N3/c1-3-10(4-1)7-12-8-2-5-11-6-9(8)13-10/h2,5-6,12-13H,1,3-4,7H2. The zero-order chi connectivity index (χ0) is 8.73. The maximum absolute atomic E-state index is 4.12. The molecule has 1 aromatic heterocycles. The lowest BCUT2D eigenvalue weighted by Gasteiger charge is -2.46. The van der Waals surface area contributed by atoms with Crippen LogP contribution in [0.25, 0.3) is 0 Å². The minimum atomic E-state index is 0.343. The zero-order valence-corrected chi connectivity index (χ0v) is 7.51. The quantitative estimate of drug-likeness (QED) is 0.631. The van der Waals surface area contributed by atoms with Crippen LogP contribution in [0.5, 0.6) is 0 Å². The minimum Gasteiger partial charge on any atom is -0.381 e. The van der Waals surface area contributed by atoms with Gasteiger partial charge in [0.2, 0.25) is 0 Å². The highest BCUT2D eigenvalue weighted by atomic mass is 15.1. The SMILES string of the molecule is c1cc2c(cn1)NC1(CCC1)CN2. The Morgan fingerprint density at radius 2 is 2.23 bits per heavy atom. The predicted octanol–water partition coefficient (Wildman–Crippen LogP) is 1.84. The summed E-state index contributed by atoms with van der Waals surface area (Å²) in [7, 11) is 0. The van der Waals surface area contributed by atoms with Crippen LogP contribution in [0, 0.1) is 0 Å². The molecule has 1 spiro atoms. The fraction of sp³-hybridized carbons (Fsp3) is 0.500. The number of hydrogen-bond acceptors (Lipinski definition) is 3. The second-order valence-corrected chi connectivity index (χ2v) is 4.03. The highest BCUT2D eigenvalue weighted by Crippen LogP contribution is 2.40. The van der Waals surface area contributed by atoms with E-state index in [1.165, 1.54) is 24.9 Å². The molecule has 1 saturated carbocycles. The molecule has 0 saturated heterocycles. The Kier molecular flexibility index (Phi) is 1.31. The van der Waals surface area contributed by atoms with E-state index in [0.717, 1.165) is 12.2 Å². The summed E-state index contributed by atoms with van der Waals surface area (Å²) in [5, 5.41) is 7.04. The van der Waals surface area contributed by atoms with Crippen LogP contribution >= 0.6 is 0 Å². The maximum atomic E-state index is 4.12. The predicted molar refractivity (Wildman–Crippen MR) is 52.9 cm³/mol. The molecule has 3 rings (SSSR count). The fourth-order valence-corrected chi connectivity index (χ4v) is 2.15. The van der Waals surface area contributed by atoms with Gasteiger partial charge in [-0.2, -0.15) is 0 Å². The summed E-state index contributed by atoms with van der Waals surface area (Å²) in [6, 6.07) is 2.02. The lowest BCUT2D eigenvalue weighted by atomic mass is 9.75. The molecule has 2 N–H and O–H groups in total. The van der Waals surface area contributed by atoms with E-state index in [-0.39, 0.29) is 0 Å². The number of nitrogens with zero attached hydrogens (tertiary/aromatic N) is 1. The molecular formula is C10H13N3. The number of anilines is 2. The smallest absolute Gasteiger partial charge is 0.0767 e. The highest BCUT2D eigenvalue weighted by molar-refractivity contribution is 5.71. The van der Waals surface area contributed by atoms with E-state index >= 15 is 0 Å². The highest BCUT2D eigenvalue weighted by Gasteiger charge is 2.39. The average molecular weight is 175 g/mol. The summed E-state index contributed by atoms with van der Waals surface area (Å²) in [4.78, 5) is 4.12. The van der Waals surface area contributed by atoms with Crippen LogP contribution in [0.2, 0.25) is 0 Å². The Labute approximate surface area is 77.6 Å². The molecule has 3 heteroatoms. The van der Waals surface area contributed by atoms with E-state index in [0.29, 0.717) is 5.54 Å². The van der Waals surface area contributed by atoms with Crippen molar-refractivity contribution >= 4 is 11.4 Å². The molecule has 1 fully saturated rings. The molecule has 0 unspecified atom stereocenters. The normalized spacial score (nSPS) is 22.5. The number of rotatable bonds is 0. The van der Waals surface area contributed by atoms with Gasteiger partial charge in [0.25, 0.3) is 0 Å². The Hall–Kier alpha value is -1.25. The summed E-state index contributed by atoms with van der Waals surface area (Å²) in [5.74, 6) is 0. The van der Waals surface area contributed by atoms with E-state index < -0.39 is 0 Å². The van der Waals surface area contributed by atoms with Gasteiger partial charge in [-0.1, -0.05) is 0 Å². The monoisotopic (exact) mass is 175 g/mol. The number of nitrogens with one attached hydrogen (secondary N) is 2. The van der Waals surface area contributed by atoms with Crippen molar-refractivity contribution in [1.82, 2.24) is 4.98 Å². The van der Waals surface area contributed by atoms with Gasteiger partial charge in [-0.15, -0.1) is 0 Å². The van der Waals surface area contributed by atoms with Crippen LogP contribution in [-0.2, 0) is 0 Å². The molecule has 1 aromatic rings. The summed E-state index contributed by atoms with van der Waals surface area (Å²) in [5.41, 5.74) is 2.69. The molecule has 2 heterocycles. The van der Waals surface area contributed by atoms with Crippen molar-refractivity contribution in [2.45, 2.75) is 24.8 Å². The summed E-state index contributed by atoms with van der Waals surface area (Å²) in [6.45, 7) is 1.06. The molecule has 1 aliphatic carbocycles. The van der Waals surface area contributed by atoms with Crippen molar-refractivity contribution in [3.8, 4) is 0 Å². The number of hydrogen-bond donors (Lipinski definition) is 2. The van der Waals surface area contributed by atoms with E-state index in [4.69, 9.17) is 0 Å². The Bertz CT molecular complexity index is 331. The van der Waals surface area contributed by atoms with Crippen molar-refractivity contribution in [1.29, 1.82) is 0 Å². The summed E-state index contributed by atoms with van der Waals surface area (Å²) in [6.07, 6.45) is 7.65.